The van der Waals surface area contributed by atoms with Crippen molar-refractivity contribution in [2.24, 2.45) is 0 Å². The molecular formula is C29H40BrN3O4S. The molecule has 0 spiro atoms. The van der Waals surface area contributed by atoms with Crippen molar-refractivity contribution in [2.45, 2.75) is 84.3 Å². The molecule has 1 aliphatic carbocycles. The van der Waals surface area contributed by atoms with Crippen LogP contribution in [0.2, 0.25) is 0 Å². The van der Waals surface area contributed by atoms with Gasteiger partial charge in [0.25, 0.3) is 0 Å². The zero-order valence-corrected chi connectivity index (χ0v) is 25.3. The Bertz CT molecular complexity index is 1230. The van der Waals surface area contributed by atoms with Gasteiger partial charge in [-0.25, -0.2) is 8.42 Å². The topological polar surface area (TPSA) is 86.8 Å². The number of sulfonamides is 1. The van der Waals surface area contributed by atoms with Crippen molar-refractivity contribution in [1.82, 2.24) is 10.2 Å². The Hall–Kier alpha value is -2.39. The van der Waals surface area contributed by atoms with Crippen LogP contribution < -0.4 is 9.62 Å². The zero-order chi connectivity index (χ0) is 27.9. The monoisotopic (exact) mass is 605 g/mol. The molecule has 2 aromatic carbocycles. The second-order valence-corrected chi connectivity index (χ2v) is 13.2. The summed E-state index contributed by atoms with van der Waals surface area (Å²) in [4.78, 5) is 28.3. The first kappa shape index (κ1) is 30.2. The first-order chi connectivity index (χ1) is 18.0. The van der Waals surface area contributed by atoms with Gasteiger partial charge in [0.05, 0.1) is 11.9 Å². The molecule has 208 valence electrons. The summed E-state index contributed by atoms with van der Waals surface area (Å²) in [7, 11) is -3.54. The maximum absolute atomic E-state index is 13.5. The van der Waals surface area contributed by atoms with Gasteiger partial charge in [-0.3, -0.25) is 13.9 Å². The van der Waals surface area contributed by atoms with Gasteiger partial charge in [0.2, 0.25) is 21.8 Å². The number of carbonyl (C=O) groups excluding carboxylic acids is 2. The first-order valence-electron chi connectivity index (χ1n) is 13.3. The minimum Gasteiger partial charge on any atom is -0.352 e. The molecule has 0 unspecified atom stereocenters. The minimum atomic E-state index is -3.54. The van der Waals surface area contributed by atoms with Gasteiger partial charge in [-0.15, -0.1) is 0 Å². The number of carbonyl (C=O) groups is 2. The number of benzene rings is 2. The van der Waals surface area contributed by atoms with Crippen molar-refractivity contribution in [1.29, 1.82) is 0 Å². The van der Waals surface area contributed by atoms with Crippen LogP contribution in [0.25, 0.3) is 0 Å². The molecule has 0 saturated heterocycles. The van der Waals surface area contributed by atoms with Crippen LogP contribution in [0.4, 0.5) is 5.69 Å². The average molecular weight is 607 g/mol. The van der Waals surface area contributed by atoms with Gasteiger partial charge >= 0.3 is 0 Å². The van der Waals surface area contributed by atoms with Crippen molar-refractivity contribution >= 4 is 43.5 Å². The summed E-state index contributed by atoms with van der Waals surface area (Å²) in [5.74, 6) is -0.320. The molecular weight excluding hydrogens is 566 g/mol. The van der Waals surface area contributed by atoms with E-state index in [4.69, 9.17) is 0 Å². The summed E-state index contributed by atoms with van der Waals surface area (Å²) in [6.07, 6.45) is 7.01. The van der Waals surface area contributed by atoms with Crippen LogP contribution in [0.1, 0.15) is 68.6 Å². The van der Waals surface area contributed by atoms with E-state index in [9.17, 15) is 18.0 Å². The highest BCUT2D eigenvalue weighted by molar-refractivity contribution is 9.10. The molecule has 9 heteroatoms. The van der Waals surface area contributed by atoms with E-state index in [1.807, 2.05) is 56.3 Å². The Balaban J connectivity index is 1.74. The largest absolute Gasteiger partial charge is 0.352 e. The average Bonchev–Trinajstić information content (AvgIpc) is 2.86. The lowest BCUT2D eigenvalue weighted by Crippen LogP contribution is -2.50. The summed E-state index contributed by atoms with van der Waals surface area (Å²) in [6.45, 7) is 6.05. The van der Waals surface area contributed by atoms with Crippen LogP contribution in [0, 0.1) is 13.8 Å². The van der Waals surface area contributed by atoms with Gasteiger partial charge in [-0.2, -0.15) is 0 Å². The molecule has 1 N–H and O–H groups in total. The molecule has 7 nitrogen and oxygen atoms in total. The highest BCUT2D eigenvalue weighted by Gasteiger charge is 2.28. The molecule has 1 fully saturated rings. The van der Waals surface area contributed by atoms with Crippen LogP contribution in [0.3, 0.4) is 0 Å². The van der Waals surface area contributed by atoms with E-state index in [-0.39, 0.29) is 30.8 Å². The second kappa shape index (κ2) is 13.6. The maximum Gasteiger partial charge on any atom is 0.242 e. The SMILES string of the molecule is Cc1ccc(C)c(N(CCCC(=O)N(Cc2cccc(Br)c2)[C@@H](C)C(=O)NC2CCCCC2)S(C)(=O)=O)c1. The van der Waals surface area contributed by atoms with E-state index in [2.05, 4.69) is 21.2 Å². The smallest absolute Gasteiger partial charge is 0.242 e. The van der Waals surface area contributed by atoms with Crippen molar-refractivity contribution in [3.63, 3.8) is 0 Å². The van der Waals surface area contributed by atoms with Crippen LogP contribution in [0.5, 0.6) is 0 Å². The number of anilines is 1. The molecule has 0 aromatic heterocycles. The number of rotatable bonds is 11. The number of nitrogens with zero attached hydrogens (tertiary/aromatic N) is 2. The third-order valence-electron chi connectivity index (χ3n) is 7.15. The lowest BCUT2D eigenvalue weighted by atomic mass is 9.95. The third kappa shape index (κ3) is 8.56. The Morgan fingerprint density at radius 3 is 2.45 bits per heavy atom. The van der Waals surface area contributed by atoms with E-state index in [0.29, 0.717) is 18.7 Å². The Morgan fingerprint density at radius 1 is 1.08 bits per heavy atom. The Kier molecular flexibility index (Phi) is 10.8. The fraction of sp³-hybridized carbons (Fsp3) is 0.517. The molecule has 1 atom stereocenters. The fourth-order valence-corrected chi connectivity index (χ4v) is 6.42. The molecule has 38 heavy (non-hydrogen) atoms. The normalized spacial score (nSPS) is 15.1. The molecule has 0 aliphatic heterocycles. The zero-order valence-electron chi connectivity index (χ0n) is 22.9. The predicted molar refractivity (Wildman–Crippen MR) is 157 cm³/mol. The van der Waals surface area contributed by atoms with Crippen molar-refractivity contribution in [3.05, 3.63) is 63.6 Å². The van der Waals surface area contributed by atoms with Gasteiger partial charge < -0.3 is 10.2 Å². The lowest BCUT2D eigenvalue weighted by Gasteiger charge is -2.31. The summed E-state index contributed by atoms with van der Waals surface area (Å²) in [5, 5.41) is 3.15. The van der Waals surface area contributed by atoms with E-state index in [0.717, 1.165) is 46.8 Å². The first-order valence-corrected chi connectivity index (χ1v) is 16.0. The maximum atomic E-state index is 13.5. The molecule has 2 amide bonds. The second-order valence-electron chi connectivity index (χ2n) is 10.4. The Labute approximate surface area is 236 Å². The number of aryl methyl sites for hydroxylation is 2. The van der Waals surface area contributed by atoms with Crippen LogP contribution >= 0.6 is 15.9 Å². The minimum absolute atomic E-state index is 0.131. The van der Waals surface area contributed by atoms with Gasteiger partial charge in [-0.05, 0) is 74.9 Å². The molecule has 0 bridgehead atoms. The summed E-state index contributed by atoms with van der Waals surface area (Å²) in [6, 6.07) is 12.9. The molecule has 0 radical (unpaired) electrons. The lowest BCUT2D eigenvalue weighted by molar-refractivity contribution is -0.141. The molecule has 1 saturated carbocycles. The van der Waals surface area contributed by atoms with E-state index in [1.165, 1.54) is 17.0 Å². The molecule has 0 heterocycles. The van der Waals surface area contributed by atoms with Crippen molar-refractivity contribution in [3.8, 4) is 0 Å². The quantitative estimate of drug-likeness (QED) is 0.367. The van der Waals surface area contributed by atoms with E-state index >= 15 is 0 Å². The molecule has 2 aromatic rings. The third-order valence-corrected chi connectivity index (χ3v) is 8.82. The van der Waals surface area contributed by atoms with Crippen LogP contribution in [-0.2, 0) is 26.2 Å². The molecule has 3 rings (SSSR count). The molecule has 1 aliphatic rings. The van der Waals surface area contributed by atoms with Crippen molar-refractivity contribution in [2.75, 3.05) is 17.1 Å². The van der Waals surface area contributed by atoms with Crippen molar-refractivity contribution < 1.29 is 18.0 Å². The predicted octanol–water partition coefficient (Wildman–Crippen LogP) is 5.48. The number of halogens is 1. The van der Waals surface area contributed by atoms with Crippen LogP contribution in [0.15, 0.2) is 46.9 Å². The number of amides is 2. The standard InChI is InChI=1S/C29H40BrN3O4S/c1-21-15-16-22(2)27(18-21)33(38(4,36)37)17-9-14-28(34)32(20-24-10-8-11-25(30)19-24)23(3)29(35)31-26-12-6-5-7-13-26/h8,10-11,15-16,18-19,23,26H,5-7,9,12-14,17,20H2,1-4H3,(H,31,35)/t23-/m0/s1. The summed E-state index contributed by atoms with van der Waals surface area (Å²) < 4.78 is 27.6. The highest BCUT2D eigenvalue weighted by atomic mass is 79.9. The van der Waals surface area contributed by atoms with Gasteiger partial charge in [0, 0.05) is 30.0 Å². The van der Waals surface area contributed by atoms with Gasteiger partial charge in [0.1, 0.15) is 6.04 Å². The highest BCUT2D eigenvalue weighted by Crippen LogP contribution is 2.25. The fourth-order valence-electron chi connectivity index (χ4n) is 4.95. The number of nitrogens with one attached hydrogen (secondary N) is 1. The number of hydrogen-bond acceptors (Lipinski definition) is 4. The van der Waals surface area contributed by atoms with Crippen LogP contribution in [-0.4, -0.2) is 50.0 Å². The summed E-state index contributed by atoms with van der Waals surface area (Å²) in [5.41, 5.74) is 3.37. The van der Waals surface area contributed by atoms with E-state index in [1.54, 1.807) is 11.8 Å². The summed E-state index contributed by atoms with van der Waals surface area (Å²) >= 11 is 3.49. The van der Waals surface area contributed by atoms with Gasteiger partial charge in [-0.1, -0.05) is 59.5 Å². The van der Waals surface area contributed by atoms with Gasteiger partial charge in [0.15, 0.2) is 0 Å². The Morgan fingerprint density at radius 2 is 1.79 bits per heavy atom. The number of hydrogen-bond donors (Lipinski definition) is 1. The van der Waals surface area contributed by atoms with E-state index < -0.39 is 16.1 Å².